The molecule has 1 aliphatic heterocycles. The van der Waals surface area contributed by atoms with Crippen molar-refractivity contribution in [2.75, 3.05) is 18.4 Å². The number of hydrogen-bond acceptors (Lipinski definition) is 4. The average Bonchev–Trinajstić information content (AvgIpc) is 2.76. The first-order valence-electron chi connectivity index (χ1n) is 10.0. The third-order valence-electron chi connectivity index (χ3n) is 5.18. The van der Waals surface area contributed by atoms with E-state index in [1.54, 1.807) is 12.3 Å². The SMILES string of the molecule is CC1CCN(C(=O)c2ccc(Nc3ccc(Oc4ccccc4)cc3)cn2)CC1. The van der Waals surface area contributed by atoms with Gasteiger partial charge in [-0.05, 0) is 67.3 Å². The molecule has 0 unspecified atom stereocenters. The zero-order chi connectivity index (χ0) is 20.1. The number of aromatic nitrogens is 1. The van der Waals surface area contributed by atoms with Crippen LogP contribution in [0.25, 0.3) is 0 Å². The lowest BCUT2D eigenvalue weighted by molar-refractivity contribution is 0.0691. The van der Waals surface area contributed by atoms with Crippen molar-refractivity contribution < 1.29 is 9.53 Å². The predicted octanol–water partition coefficient (Wildman–Crippen LogP) is 5.49. The van der Waals surface area contributed by atoms with Gasteiger partial charge in [-0.15, -0.1) is 0 Å². The highest BCUT2D eigenvalue weighted by Crippen LogP contribution is 2.24. The summed E-state index contributed by atoms with van der Waals surface area (Å²) < 4.78 is 5.81. The largest absolute Gasteiger partial charge is 0.457 e. The van der Waals surface area contributed by atoms with Crippen LogP contribution in [0.3, 0.4) is 0 Å². The Labute approximate surface area is 171 Å². The van der Waals surface area contributed by atoms with E-state index in [2.05, 4.69) is 17.2 Å². The van der Waals surface area contributed by atoms with E-state index in [4.69, 9.17) is 4.74 Å². The molecule has 1 aliphatic rings. The number of nitrogens with zero attached hydrogens (tertiary/aromatic N) is 2. The number of rotatable bonds is 5. The van der Waals surface area contributed by atoms with E-state index in [9.17, 15) is 4.79 Å². The summed E-state index contributed by atoms with van der Waals surface area (Å²) >= 11 is 0. The molecule has 0 bridgehead atoms. The maximum atomic E-state index is 12.6. The highest BCUT2D eigenvalue weighted by molar-refractivity contribution is 5.92. The van der Waals surface area contributed by atoms with Gasteiger partial charge in [0.05, 0.1) is 11.9 Å². The Balaban J connectivity index is 1.35. The van der Waals surface area contributed by atoms with Crippen molar-refractivity contribution in [2.45, 2.75) is 19.8 Å². The molecular formula is C24H25N3O2. The van der Waals surface area contributed by atoms with E-state index in [0.717, 1.165) is 48.8 Å². The molecule has 29 heavy (non-hydrogen) atoms. The Morgan fingerprint density at radius 2 is 1.59 bits per heavy atom. The van der Waals surface area contributed by atoms with Gasteiger partial charge in [0.1, 0.15) is 17.2 Å². The Bertz CT molecular complexity index is 932. The Hall–Kier alpha value is -3.34. The molecule has 5 nitrogen and oxygen atoms in total. The topological polar surface area (TPSA) is 54.5 Å². The van der Waals surface area contributed by atoms with Crippen LogP contribution in [0, 0.1) is 5.92 Å². The summed E-state index contributed by atoms with van der Waals surface area (Å²) in [6, 6.07) is 21.1. The van der Waals surface area contributed by atoms with Crippen LogP contribution in [-0.4, -0.2) is 28.9 Å². The third-order valence-corrected chi connectivity index (χ3v) is 5.18. The van der Waals surface area contributed by atoms with Gasteiger partial charge in [-0.2, -0.15) is 0 Å². The average molecular weight is 387 g/mol. The van der Waals surface area contributed by atoms with E-state index in [0.29, 0.717) is 11.6 Å². The monoisotopic (exact) mass is 387 g/mol. The van der Waals surface area contributed by atoms with Crippen LogP contribution in [0.15, 0.2) is 72.9 Å². The molecule has 1 saturated heterocycles. The second-order valence-corrected chi connectivity index (χ2v) is 7.47. The fourth-order valence-electron chi connectivity index (χ4n) is 3.37. The van der Waals surface area contributed by atoms with Crippen LogP contribution in [0.5, 0.6) is 11.5 Å². The molecule has 4 rings (SSSR count). The summed E-state index contributed by atoms with van der Waals surface area (Å²) in [5.74, 6) is 2.30. The Morgan fingerprint density at radius 3 is 2.24 bits per heavy atom. The minimum atomic E-state index is 0.0193. The third kappa shape index (κ3) is 4.93. The summed E-state index contributed by atoms with van der Waals surface area (Å²) in [7, 11) is 0. The minimum Gasteiger partial charge on any atom is -0.457 e. The molecule has 1 amide bonds. The number of benzene rings is 2. The van der Waals surface area contributed by atoms with Crippen LogP contribution in [0.2, 0.25) is 0 Å². The number of hydrogen-bond donors (Lipinski definition) is 1. The summed E-state index contributed by atoms with van der Waals surface area (Å²) in [4.78, 5) is 18.9. The molecule has 5 heteroatoms. The molecular weight excluding hydrogens is 362 g/mol. The van der Waals surface area contributed by atoms with Gasteiger partial charge in [-0.3, -0.25) is 4.79 Å². The van der Waals surface area contributed by atoms with Crippen LogP contribution in [0.1, 0.15) is 30.3 Å². The van der Waals surface area contributed by atoms with Crippen molar-refractivity contribution in [1.82, 2.24) is 9.88 Å². The molecule has 1 N–H and O–H groups in total. The molecule has 1 aromatic heterocycles. The van der Waals surface area contributed by atoms with E-state index in [-0.39, 0.29) is 5.91 Å². The highest BCUT2D eigenvalue weighted by Gasteiger charge is 2.22. The van der Waals surface area contributed by atoms with Crippen molar-refractivity contribution in [3.63, 3.8) is 0 Å². The Morgan fingerprint density at radius 1 is 0.931 bits per heavy atom. The van der Waals surface area contributed by atoms with Gasteiger partial charge in [0.15, 0.2) is 0 Å². The molecule has 2 heterocycles. The lowest BCUT2D eigenvalue weighted by atomic mass is 9.99. The number of amides is 1. The second-order valence-electron chi connectivity index (χ2n) is 7.47. The molecule has 3 aromatic rings. The van der Waals surface area contributed by atoms with Crippen molar-refractivity contribution in [3.05, 3.63) is 78.6 Å². The predicted molar refractivity (Wildman–Crippen MR) is 115 cm³/mol. The summed E-state index contributed by atoms with van der Waals surface area (Å²) in [5.41, 5.74) is 2.26. The number of para-hydroxylation sites is 1. The lowest BCUT2D eigenvalue weighted by Gasteiger charge is -2.30. The van der Waals surface area contributed by atoms with E-state index in [1.807, 2.05) is 65.6 Å². The maximum absolute atomic E-state index is 12.6. The molecule has 2 aromatic carbocycles. The standard InChI is InChI=1S/C24H25N3O2/c1-18-13-15-27(16-14-18)24(28)23-12-9-20(17-25-23)26-19-7-10-22(11-8-19)29-21-5-3-2-4-6-21/h2-12,17-18,26H,13-16H2,1H3. The summed E-state index contributed by atoms with van der Waals surface area (Å²) in [6.07, 6.45) is 3.83. The second kappa shape index (κ2) is 8.78. The first kappa shape index (κ1) is 19.0. The number of piperidine rings is 1. The number of ether oxygens (including phenoxy) is 1. The van der Waals surface area contributed by atoms with Gasteiger partial charge in [-0.25, -0.2) is 4.98 Å². The molecule has 0 spiro atoms. The molecule has 1 fully saturated rings. The van der Waals surface area contributed by atoms with Gasteiger partial charge >= 0.3 is 0 Å². The number of pyridine rings is 1. The summed E-state index contributed by atoms with van der Waals surface area (Å²) in [6.45, 7) is 3.87. The highest BCUT2D eigenvalue weighted by atomic mass is 16.5. The maximum Gasteiger partial charge on any atom is 0.272 e. The fraction of sp³-hybridized carbons (Fsp3) is 0.250. The molecule has 0 saturated carbocycles. The molecule has 0 atom stereocenters. The van der Waals surface area contributed by atoms with Crippen molar-refractivity contribution in [1.29, 1.82) is 0 Å². The quantitative estimate of drug-likeness (QED) is 0.629. The van der Waals surface area contributed by atoms with Gasteiger partial charge in [0, 0.05) is 18.8 Å². The summed E-state index contributed by atoms with van der Waals surface area (Å²) in [5, 5.41) is 3.30. The van der Waals surface area contributed by atoms with E-state index in [1.165, 1.54) is 0 Å². The smallest absolute Gasteiger partial charge is 0.272 e. The zero-order valence-corrected chi connectivity index (χ0v) is 16.5. The van der Waals surface area contributed by atoms with Crippen LogP contribution in [0.4, 0.5) is 11.4 Å². The van der Waals surface area contributed by atoms with Crippen LogP contribution < -0.4 is 10.1 Å². The first-order chi connectivity index (χ1) is 14.2. The van der Waals surface area contributed by atoms with Crippen LogP contribution in [-0.2, 0) is 0 Å². The van der Waals surface area contributed by atoms with Crippen molar-refractivity contribution in [3.8, 4) is 11.5 Å². The number of anilines is 2. The van der Waals surface area contributed by atoms with E-state index < -0.39 is 0 Å². The molecule has 148 valence electrons. The number of likely N-dealkylation sites (tertiary alicyclic amines) is 1. The normalized spacial score (nSPS) is 14.4. The number of carbonyl (C=O) groups excluding carboxylic acids is 1. The van der Waals surface area contributed by atoms with Crippen LogP contribution >= 0.6 is 0 Å². The minimum absolute atomic E-state index is 0.0193. The molecule has 0 radical (unpaired) electrons. The zero-order valence-electron chi connectivity index (χ0n) is 16.5. The molecule has 0 aliphatic carbocycles. The number of carbonyl (C=O) groups is 1. The van der Waals surface area contributed by atoms with Gasteiger partial charge in [0.2, 0.25) is 0 Å². The van der Waals surface area contributed by atoms with E-state index >= 15 is 0 Å². The fourth-order valence-corrected chi connectivity index (χ4v) is 3.37. The van der Waals surface area contributed by atoms with Gasteiger partial charge < -0.3 is 15.0 Å². The first-order valence-corrected chi connectivity index (χ1v) is 10.0. The number of nitrogens with one attached hydrogen (secondary N) is 1. The van der Waals surface area contributed by atoms with Gasteiger partial charge in [-0.1, -0.05) is 25.1 Å². The van der Waals surface area contributed by atoms with Gasteiger partial charge in [0.25, 0.3) is 5.91 Å². The van der Waals surface area contributed by atoms with Crippen molar-refractivity contribution in [2.24, 2.45) is 5.92 Å². The Kier molecular flexibility index (Phi) is 5.75. The van der Waals surface area contributed by atoms with Crippen molar-refractivity contribution >= 4 is 17.3 Å². The lowest BCUT2D eigenvalue weighted by Crippen LogP contribution is -2.38.